The first kappa shape index (κ1) is 13.5. The lowest BCUT2D eigenvalue weighted by Crippen LogP contribution is -2.25. The number of anilines is 1. The number of fused-ring (bicyclic) bond motifs is 1. The van der Waals surface area contributed by atoms with Gasteiger partial charge in [0.2, 0.25) is 0 Å². The van der Waals surface area contributed by atoms with Gasteiger partial charge >= 0.3 is 0 Å². The van der Waals surface area contributed by atoms with Crippen LogP contribution in [0.5, 0.6) is 0 Å². The molecule has 21 heavy (non-hydrogen) atoms. The van der Waals surface area contributed by atoms with E-state index >= 15 is 0 Å². The van der Waals surface area contributed by atoms with Crippen LogP contribution in [0.1, 0.15) is 22.3 Å². The molecule has 0 aliphatic heterocycles. The minimum absolute atomic E-state index is 0.0908. The molecule has 2 aromatic rings. The highest BCUT2D eigenvalue weighted by atomic mass is 32.1. The number of benzene rings is 2. The number of nitrogens with one attached hydrogen (secondary N) is 2. The number of hydrazone groups is 1. The summed E-state index contributed by atoms with van der Waals surface area (Å²) >= 11 is 5.18. The molecule has 104 valence electrons. The van der Waals surface area contributed by atoms with E-state index in [2.05, 4.69) is 15.8 Å². The number of carbonyl (C=O) groups is 1. The number of Topliss-reactive ketones (excluding diaryl/α,β-unsaturated/α-hetero) is 1. The number of ketones is 1. The van der Waals surface area contributed by atoms with Crippen molar-refractivity contribution in [2.75, 3.05) is 5.32 Å². The van der Waals surface area contributed by atoms with E-state index in [9.17, 15) is 4.79 Å². The summed E-state index contributed by atoms with van der Waals surface area (Å²) in [5.74, 6) is 0.0908. The molecule has 2 aromatic carbocycles. The SMILES string of the molecule is O=C1C/C(=N/NC(=S)Nc2ccccc2)c2ccccc21. The molecule has 0 spiro atoms. The van der Waals surface area contributed by atoms with Crippen LogP contribution in [0.25, 0.3) is 0 Å². The summed E-state index contributed by atoms with van der Waals surface area (Å²) in [6.45, 7) is 0. The molecule has 4 nitrogen and oxygen atoms in total. The zero-order valence-corrected chi connectivity index (χ0v) is 12.0. The van der Waals surface area contributed by atoms with Crippen LogP contribution >= 0.6 is 12.2 Å². The van der Waals surface area contributed by atoms with Crippen LogP contribution in [0.2, 0.25) is 0 Å². The van der Waals surface area contributed by atoms with Gasteiger partial charge in [-0.1, -0.05) is 42.5 Å². The van der Waals surface area contributed by atoms with Gasteiger partial charge in [0, 0.05) is 16.8 Å². The van der Waals surface area contributed by atoms with Gasteiger partial charge in [-0.05, 0) is 24.4 Å². The lowest BCUT2D eigenvalue weighted by molar-refractivity contribution is 0.101. The Labute approximate surface area is 127 Å². The third-order valence-corrected chi connectivity index (χ3v) is 3.38. The summed E-state index contributed by atoms with van der Waals surface area (Å²) in [5.41, 5.74) is 5.99. The molecular weight excluding hydrogens is 282 g/mol. The third kappa shape index (κ3) is 2.98. The molecule has 0 saturated heterocycles. The smallest absolute Gasteiger partial charge is 0.191 e. The highest BCUT2D eigenvalue weighted by molar-refractivity contribution is 7.80. The molecule has 0 fully saturated rings. The Kier molecular flexibility index (Phi) is 3.75. The average Bonchev–Trinajstić information content (AvgIpc) is 2.83. The predicted molar refractivity (Wildman–Crippen MR) is 87.7 cm³/mol. The standard InChI is InChI=1S/C16H13N3OS/c20-15-10-14(12-8-4-5-9-13(12)15)18-19-16(21)17-11-6-2-1-3-7-11/h1-9H,10H2,(H2,17,19,21)/b18-14-. The molecular formula is C16H13N3OS. The van der Waals surface area contributed by atoms with Crippen LogP contribution in [-0.4, -0.2) is 16.6 Å². The zero-order chi connectivity index (χ0) is 14.7. The molecule has 0 atom stereocenters. The minimum atomic E-state index is 0.0908. The van der Waals surface area contributed by atoms with Gasteiger partial charge in [0.15, 0.2) is 10.9 Å². The number of hydrogen-bond donors (Lipinski definition) is 2. The summed E-state index contributed by atoms with van der Waals surface area (Å²) in [7, 11) is 0. The molecule has 0 aromatic heterocycles. The fourth-order valence-corrected chi connectivity index (χ4v) is 2.38. The first-order chi connectivity index (χ1) is 10.2. The Bertz CT molecular complexity index is 725. The Balaban J connectivity index is 1.70. The number of carbonyl (C=O) groups excluding carboxylic acids is 1. The van der Waals surface area contributed by atoms with E-state index in [1.54, 1.807) is 0 Å². The van der Waals surface area contributed by atoms with Crippen LogP contribution in [0.15, 0.2) is 59.7 Å². The first-order valence-corrected chi connectivity index (χ1v) is 6.96. The molecule has 0 amide bonds. The number of thiocarbonyl (C=S) groups is 1. The monoisotopic (exact) mass is 295 g/mol. The maximum Gasteiger partial charge on any atom is 0.191 e. The molecule has 0 bridgehead atoms. The van der Waals surface area contributed by atoms with Crippen LogP contribution in [0, 0.1) is 0 Å². The summed E-state index contributed by atoms with van der Waals surface area (Å²) in [6, 6.07) is 17.1. The maximum atomic E-state index is 11.9. The second kappa shape index (κ2) is 5.85. The third-order valence-electron chi connectivity index (χ3n) is 3.19. The van der Waals surface area contributed by atoms with E-state index in [1.807, 2.05) is 54.6 Å². The van der Waals surface area contributed by atoms with Gasteiger partial charge in [0.1, 0.15) is 0 Å². The Morgan fingerprint density at radius 2 is 1.67 bits per heavy atom. The second-order valence-corrected chi connectivity index (χ2v) is 5.04. The van der Waals surface area contributed by atoms with Gasteiger partial charge in [0.25, 0.3) is 0 Å². The highest BCUT2D eigenvalue weighted by Gasteiger charge is 2.24. The van der Waals surface area contributed by atoms with Crippen molar-refractivity contribution < 1.29 is 4.79 Å². The van der Waals surface area contributed by atoms with Crippen LogP contribution in [0.3, 0.4) is 0 Å². The quantitative estimate of drug-likeness (QED) is 0.660. The normalized spacial score (nSPS) is 14.9. The van der Waals surface area contributed by atoms with Crippen molar-refractivity contribution in [1.82, 2.24) is 5.43 Å². The fraction of sp³-hybridized carbons (Fsp3) is 0.0625. The Morgan fingerprint density at radius 3 is 2.43 bits per heavy atom. The van der Waals surface area contributed by atoms with Gasteiger partial charge < -0.3 is 5.32 Å². The van der Waals surface area contributed by atoms with Gasteiger partial charge in [-0.3, -0.25) is 10.2 Å². The van der Waals surface area contributed by atoms with Crippen molar-refractivity contribution in [3.8, 4) is 0 Å². The van der Waals surface area contributed by atoms with Crippen molar-refractivity contribution in [3.63, 3.8) is 0 Å². The number of hydrogen-bond acceptors (Lipinski definition) is 3. The van der Waals surface area contributed by atoms with Crippen molar-refractivity contribution >= 4 is 34.5 Å². The van der Waals surface area contributed by atoms with E-state index < -0.39 is 0 Å². The van der Waals surface area contributed by atoms with Gasteiger partial charge in [0.05, 0.1) is 12.1 Å². The minimum Gasteiger partial charge on any atom is -0.331 e. The maximum absolute atomic E-state index is 11.9. The zero-order valence-electron chi connectivity index (χ0n) is 11.2. The predicted octanol–water partition coefficient (Wildman–Crippen LogP) is 2.96. The van der Waals surface area contributed by atoms with E-state index in [4.69, 9.17) is 12.2 Å². The molecule has 0 saturated carbocycles. The lowest BCUT2D eigenvalue weighted by Gasteiger charge is -2.07. The highest BCUT2D eigenvalue weighted by Crippen LogP contribution is 2.21. The molecule has 1 aliphatic carbocycles. The largest absolute Gasteiger partial charge is 0.331 e. The number of rotatable bonds is 2. The number of para-hydroxylation sites is 1. The van der Waals surface area contributed by atoms with Crippen LogP contribution in [0.4, 0.5) is 5.69 Å². The topological polar surface area (TPSA) is 53.5 Å². The van der Waals surface area contributed by atoms with Crippen molar-refractivity contribution in [2.45, 2.75) is 6.42 Å². The molecule has 5 heteroatoms. The van der Waals surface area contributed by atoms with Crippen LogP contribution < -0.4 is 10.7 Å². The Hall–Kier alpha value is -2.53. The van der Waals surface area contributed by atoms with Gasteiger partial charge in [-0.25, -0.2) is 0 Å². The molecule has 3 rings (SSSR count). The summed E-state index contributed by atoms with van der Waals surface area (Å²) in [5, 5.41) is 7.68. The summed E-state index contributed by atoms with van der Waals surface area (Å²) < 4.78 is 0. The van der Waals surface area contributed by atoms with Crippen molar-refractivity contribution in [1.29, 1.82) is 0 Å². The number of nitrogens with zero attached hydrogens (tertiary/aromatic N) is 1. The van der Waals surface area contributed by atoms with E-state index in [0.29, 0.717) is 17.2 Å². The Morgan fingerprint density at radius 1 is 1.00 bits per heavy atom. The van der Waals surface area contributed by atoms with Gasteiger partial charge in [-0.15, -0.1) is 0 Å². The van der Waals surface area contributed by atoms with E-state index in [1.165, 1.54) is 0 Å². The van der Waals surface area contributed by atoms with E-state index in [0.717, 1.165) is 16.8 Å². The molecule has 1 aliphatic rings. The van der Waals surface area contributed by atoms with Crippen molar-refractivity contribution in [3.05, 3.63) is 65.7 Å². The molecule has 0 radical (unpaired) electrons. The molecule has 2 N–H and O–H groups in total. The first-order valence-electron chi connectivity index (χ1n) is 6.55. The summed E-state index contributed by atoms with van der Waals surface area (Å²) in [4.78, 5) is 11.9. The van der Waals surface area contributed by atoms with E-state index in [-0.39, 0.29) is 5.78 Å². The second-order valence-electron chi connectivity index (χ2n) is 4.64. The summed E-state index contributed by atoms with van der Waals surface area (Å²) in [6.07, 6.45) is 0.306. The fourth-order valence-electron chi connectivity index (χ4n) is 2.22. The molecule has 0 unspecified atom stereocenters. The lowest BCUT2D eigenvalue weighted by atomic mass is 10.1. The van der Waals surface area contributed by atoms with Crippen molar-refractivity contribution in [2.24, 2.45) is 5.10 Å². The average molecular weight is 295 g/mol. The molecule has 0 heterocycles. The van der Waals surface area contributed by atoms with Crippen LogP contribution in [-0.2, 0) is 0 Å². The van der Waals surface area contributed by atoms with Gasteiger partial charge in [-0.2, -0.15) is 5.10 Å².